The van der Waals surface area contributed by atoms with Crippen LogP contribution in [-0.4, -0.2) is 38.7 Å². The number of nitrogens with zero attached hydrogens (tertiary/aromatic N) is 4. The highest BCUT2D eigenvalue weighted by atomic mass is 32.2. The van der Waals surface area contributed by atoms with Gasteiger partial charge in [0.15, 0.2) is 5.16 Å². The van der Waals surface area contributed by atoms with Crippen molar-refractivity contribution in [3.63, 3.8) is 0 Å². The van der Waals surface area contributed by atoms with Gasteiger partial charge in [-0.05, 0) is 48.9 Å². The van der Waals surface area contributed by atoms with E-state index in [2.05, 4.69) is 51.2 Å². The summed E-state index contributed by atoms with van der Waals surface area (Å²) in [5.74, 6) is 2.65. The quantitative estimate of drug-likeness (QED) is 0.521. The van der Waals surface area contributed by atoms with E-state index in [0.29, 0.717) is 5.92 Å². The molecule has 0 radical (unpaired) electrons. The lowest BCUT2D eigenvalue weighted by Crippen LogP contribution is -2.27. The number of amides is 1. The van der Waals surface area contributed by atoms with E-state index in [1.54, 1.807) is 11.8 Å². The predicted octanol–water partition coefficient (Wildman–Crippen LogP) is 4.73. The second-order valence-corrected chi connectivity index (χ2v) is 9.11. The average Bonchev–Trinajstić information content (AvgIpc) is 3.32. The summed E-state index contributed by atoms with van der Waals surface area (Å²) in [5, 5.41) is 9.98. The number of rotatable bonds is 7. The van der Waals surface area contributed by atoms with Crippen molar-refractivity contribution in [1.29, 1.82) is 0 Å². The van der Waals surface area contributed by atoms with Crippen molar-refractivity contribution in [2.75, 3.05) is 13.1 Å². The predicted molar refractivity (Wildman–Crippen MR) is 119 cm³/mol. The van der Waals surface area contributed by atoms with Gasteiger partial charge in [0, 0.05) is 30.3 Å². The molecule has 3 aromatic rings. The molecule has 0 spiro atoms. The molecule has 2 fully saturated rings. The van der Waals surface area contributed by atoms with E-state index >= 15 is 0 Å². The molecule has 1 amide bonds. The maximum Gasteiger partial charge on any atom is 0.253 e. The molecule has 0 N–H and O–H groups in total. The van der Waals surface area contributed by atoms with Crippen LogP contribution < -0.4 is 0 Å². The molecule has 2 heterocycles. The van der Waals surface area contributed by atoms with Crippen LogP contribution in [0.25, 0.3) is 0 Å². The van der Waals surface area contributed by atoms with Crippen LogP contribution in [0.2, 0.25) is 0 Å². The Hall–Kier alpha value is -2.60. The number of carbonyl (C=O) groups excluding carboxylic acids is 1. The van der Waals surface area contributed by atoms with Crippen LogP contribution in [0.3, 0.4) is 0 Å². The molecule has 1 aromatic heterocycles. The highest BCUT2D eigenvalue weighted by molar-refractivity contribution is 7.98. The first-order valence-electron chi connectivity index (χ1n) is 10.8. The third kappa shape index (κ3) is 4.29. The molecule has 2 aromatic carbocycles. The minimum Gasteiger partial charge on any atom is -0.339 e. The summed E-state index contributed by atoms with van der Waals surface area (Å²) in [6.45, 7) is 2.58. The second kappa shape index (κ2) is 8.64. The molecule has 154 valence electrons. The summed E-state index contributed by atoms with van der Waals surface area (Å²) in [4.78, 5) is 14.5. The number of hydrogen-bond acceptors (Lipinski definition) is 4. The Morgan fingerprint density at radius 2 is 1.67 bits per heavy atom. The number of benzene rings is 2. The lowest BCUT2D eigenvalue weighted by Gasteiger charge is -2.15. The van der Waals surface area contributed by atoms with Gasteiger partial charge in [-0.2, -0.15) is 0 Å². The molecule has 0 atom stereocenters. The van der Waals surface area contributed by atoms with E-state index in [9.17, 15) is 4.79 Å². The van der Waals surface area contributed by atoms with Gasteiger partial charge in [-0.1, -0.05) is 54.2 Å². The van der Waals surface area contributed by atoms with Crippen molar-refractivity contribution < 1.29 is 4.79 Å². The van der Waals surface area contributed by atoms with E-state index in [-0.39, 0.29) is 5.91 Å². The van der Waals surface area contributed by atoms with Gasteiger partial charge >= 0.3 is 0 Å². The smallest absolute Gasteiger partial charge is 0.253 e. The minimum absolute atomic E-state index is 0.156. The van der Waals surface area contributed by atoms with Crippen LogP contribution in [0.4, 0.5) is 0 Å². The van der Waals surface area contributed by atoms with Gasteiger partial charge in [0.1, 0.15) is 5.82 Å². The normalized spacial score (nSPS) is 16.2. The van der Waals surface area contributed by atoms with Gasteiger partial charge in [-0.25, -0.2) is 0 Å². The first-order valence-corrected chi connectivity index (χ1v) is 11.7. The Kier molecular flexibility index (Phi) is 5.58. The van der Waals surface area contributed by atoms with Crippen molar-refractivity contribution in [2.45, 2.75) is 49.1 Å². The van der Waals surface area contributed by atoms with Gasteiger partial charge in [-0.3, -0.25) is 4.79 Å². The number of thioether (sulfide) groups is 1. The Bertz CT molecular complexity index is 1010. The monoisotopic (exact) mass is 418 g/mol. The fourth-order valence-corrected chi connectivity index (χ4v) is 4.86. The molecule has 1 aliphatic heterocycles. The molecule has 30 heavy (non-hydrogen) atoms. The molecular weight excluding hydrogens is 392 g/mol. The SMILES string of the molecule is O=C(c1ccc(CSc2nnc(C3CC3)n2Cc2ccccc2)cc1)N1CCCC1. The Morgan fingerprint density at radius 1 is 0.933 bits per heavy atom. The number of carbonyl (C=O) groups is 1. The summed E-state index contributed by atoms with van der Waals surface area (Å²) in [6, 6.07) is 18.6. The van der Waals surface area contributed by atoms with Crippen LogP contribution in [0, 0.1) is 0 Å². The Morgan fingerprint density at radius 3 is 2.37 bits per heavy atom. The summed E-state index contributed by atoms with van der Waals surface area (Å²) in [5.41, 5.74) is 3.25. The molecule has 2 aliphatic rings. The fraction of sp³-hybridized carbons (Fsp3) is 0.375. The van der Waals surface area contributed by atoms with Gasteiger partial charge in [0.25, 0.3) is 5.91 Å². The third-order valence-corrected chi connectivity index (χ3v) is 6.87. The number of likely N-dealkylation sites (tertiary alicyclic amines) is 1. The van der Waals surface area contributed by atoms with Crippen LogP contribution in [-0.2, 0) is 12.3 Å². The lowest BCUT2D eigenvalue weighted by atomic mass is 10.1. The number of aromatic nitrogens is 3. The average molecular weight is 419 g/mol. The van der Waals surface area contributed by atoms with E-state index < -0.39 is 0 Å². The van der Waals surface area contributed by atoms with E-state index in [1.807, 2.05) is 23.1 Å². The van der Waals surface area contributed by atoms with Gasteiger partial charge < -0.3 is 9.47 Å². The topological polar surface area (TPSA) is 51.0 Å². The molecule has 1 aliphatic carbocycles. The van der Waals surface area contributed by atoms with Gasteiger partial charge in [0.2, 0.25) is 0 Å². The van der Waals surface area contributed by atoms with Crippen LogP contribution >= 0.6 is 11.8 Å². The summed E-state index contributed by atoms with van der Waals surface area (Å²) >= 11 is 1.72. The first kappa shape index (κ1) is 19.4. The zero-order valence-electron chi connectivity index (χ0n) is 17.0. The van der Waals surface area contributed by atoms with Crippen LogP contribution in [0.1, 0.15) is 58.9 Å². The first-order chi connectivity index (χ1) is 14.8. The Labute approximate surface area is 181 Å². The molecule has 5 nitrogen and oxygen atoms in total. The molecular formula is C24H26N4OS. The van der Waals surface area contributed by atoms with Crippen molar-refractivity contribution in [3.8, 4) is 0 Å². The lowest BCUT2D eigenvalue weighted by molar-refractivity contribution is 0.0793. The second-order valence-electron chi connectivity index (χ2n) is 8.17. The largest absolute Gasteiger partial charge is 0.339 e. The maximum atomic E-state index is 12.5. The van der Waals surface area contributed by atoms with E-state index in [4.69, 9.17) is 0 Å². The van der Waals surface area contributed by atoms with Crippen LogP contribution in [0.5, 0.6) is 0 Å². The number of hydrogen-bond donors (Lipinski definition) is 0. The summed E-state index contributed by atoms with van der Waals surface area (Å²) in [6.07, 6.45) is 4.66. The molecule has 0 unspecified atom stereocenters. The van der Waals surface area contributed by atoms with Crippen molar-refractivity contribution >= 4 is 17.7 Å². The van der Waals surface area contributed by atoms with Crippen LogP contribution in [0.15, 0.2) is 59.8 Å². The molecule has 0 bridgehead atoms. The van der Waals surface area contributed by atoms with Gasteiger partial charge in [-0.15, -0.1) is 10.2 Å². The van der Waals surface area contributed by atoms with Crippen molar-refractivity contribution in [2.24, 2.45) is 0 Å². The zero-order chi connectivity index (χ0) is 20.3. The zero-order valence-corrected chi connectivity index (χ0v) is 17.9. The minimum atomic E-state index is 0.156. The third-order valence-electron chi connectivity index (χ3n) is 5.83. The van der Waals surface area contributed by atoms with E-state index in [0.717, 1.165) is 54.8 Å². The summed E-state index contributed by atoms with van der Waals surface area (Å²) < 4.78 is 2.28. The van der Waals surface area contributed by atoms with E-state index in [1.165, 1.54) is 24.0 Å². The Balaban J connectivity index is 1.27. The van der Waals surface area contributed by atoms with Crippen molar-refractivity contribution in [1.82, 2.24) is 19.7 Å². The van der Waals surface area contributed by atoms with Crippen molar-refractivity contribution in [3.05, 3.63) is 77.1 Å². The molecule has 5 rings (SSSR count). The highest BCUT2D eigenvalue weighted by Crippen LogP contribution is 2.40. The highest BCUT2D eigenvalue weighted by Gasteiger charge is 2.30. The standard InChI is InChI=1S/C24H26N4OS/c29-23(27-14-4-5-15-27)21-10-8-19(9-11-21)17-30-24-26-25-22(20-12-13-20)28(24)16-18-6-2-1-3-7-18/h1-3,6-11,20H,4-5,12-17H2. The summed E-state index contributed by atoms with van der Waals surface area (Å²) in [7, 11) is 0. The maximum absolute atomic E-state index is 12.5. The molecule has 6 heteroatoms. The van der Waals surface area contributed by atoms with Gasteiger partial charge in [0.05, 0.1) is 6.54 Å². The molecule has 1 saturated heterocycles. The fourth-order valence-electron chi connectivity index (χ4n) is 3.96. The molecule has 1 saturated carbocycles.